The van der Waals surface area contributed by atoms with Crippen molar-refractivity contribution in [1.82, 2.24) is 15.6 Å². The van der Waals surface area contributed by atoms with E-state index in [1.807, 2.05) is 19.9 Å². The van der Waals surface area contributed by atoms with E-state index in [9.17, 15) is 14.4 Å². The van der Waals surface area contributed by atoms with Crippen LogP contribution in [0.5, 0.6) is 5.75 Å². The molecule has 1 spiro atoms. The monoisotopic (exact) mass is 397 g/mol. The first-order valence-corrected chi connectivity index (χ1v) is 9.57. The molecule has 0 saturated carbocycles. The number of carbonyl (C=O) groups is 3. The third-order valence-electron chi connectivity index (χ3n) is 5.40. The summed E-state index contributed by atoms with van der Waals surface area (Å²) in [5.41, 5.74) is 5.02. The van der Waals surface area contributed by atoms with Crippen LogP contribution in [0.15, 0.2) is 24.4 Å². The number of fused-ring (bicyclic) bond motifs is 1. The maximum atomic E-state index is 12.2. The average molecular weight is 397 g/mol. The predicted molar refractivity (Wildman–Crippen MR) is 107 cm³/mol. The minimum Gasteiger partial charge on any atom is -0.490 e. The molecule has 2 aliphatic rings. The molecule has 0 atom stereocenters. The number of nitrogens with one attached hydrogen (secondary N) is 2. The molecule has 3 heterocycles. The summed E-state index contributed by atoms with van der Waals surface area (Å²) in [6.45, 7) is 4.86. The number of carbonyl (C=O) groups excluding carboxylic acids is 3. The Kier molecular flexibility index (Phi) is 4.52. The number of ether oxygens (including phenoxy) is 1. The first-order chi connectivity index (χ1) is 13.8. The van der Waals surface area contributed by atoms with Crippen molar-refractivity contribution < 1.29 is 19.1 Å². The summed E-state index contributed by atoms with van der Waals surface area (Å²) < 4.78 is 5.81. The number of aromatic nitrogens is 1. The molecule has 0 aliphatic carbocycles. The standard InChI is InChI=1S/C20H23N5O4/c1-11(2)29-15-10-13-12(9-14(15)16(21)26)3-6-22-17(13)25-7-4-20(5-8-25)18(27)23-19(28)24-20/h3,6,9-11H,4-5,7-8H2,1-2H3,(H2,21,26)(H2,23,24,27,28). The number of amides is 4. The molecule has 1 aromatic carbocycles. The Morgan fingerprint density at radius 2 is 2.00 bits per heavy atom. The third-order valence-corrected chi connectivity index (χ3v) is 5.40. The van der Waals surface area contributed by atoms with Crippen molar-refractivity contribution in [3.05, 3.63) is 30.0 Å². The molecular weight excluding hydrogens is 374 g/mol. The number of anilines is 1. The molecule has 1 aromatic heterocycles. The summed E-state index contributed by atoms with van der Waals surface area (Å²) in [5.74, 6) is 0.340. The highest BCUT2D eigenvalue weighted by atomic mass is 16.5. The van der Waals surface area contributed by atoms with E-state index in [4.69, 9.17) is 10.5 Å². The molecular formula is C20H23N5O4. The average Bonchev–Trinajstić information content (AvgIpc) is 2.93. The molecule has 4 amide bonds. The summed E-state index contributed by atoms with van der Waals surface area (Å²) in [7, 11) is 0. The van der Waals surface area contributed by atoms with Gasteiger partial charge in [0.15, 0.2) is 0 Å². The number of piperidine rings is 1. The number of urea groups is 1. The van der Waals surface area contributed by atoms with Crippen LogP contribution in [0, 0.1) is 0 Å². The van der Waals surface area contributed by atoms with Crippen molar-refractivity contribution in [3.8, 4) is 5.75 Å². The molecule has 0 bridgehead atoms. The van der Waals surface area contributed by atoms with E-state index in [1.54, 1.807) is 18.3 Å². The Balaban J connectivity index is 1.68. The maximum absolute atomic E-state index is 12.2. The minimum atomic E-state index is -0.844. The number of imide groups is 1. The maximum Gasteiger partial charge on any atom is 0.322 e. The Labute approximate surface area is 167 Å². The molecule has 152 valence electrons. The smallest absolute Gasteiger partial charge is 0.322 e. The number of rotatable bonds is 4. The SMILES string of the molecule is CC(C)Oc1cc2c(N3CCC4(CC3)NC(=O)NC4=O)nccc2cc1C(N)=O. The van der Waals surface area contributed by atoms with Crippen LogP contribution in [0.25, 0.3) is 10.8 Å². The van der Waals surface area contributed by atoms with Crippen molar-refractivity contribution in [2.24, 2.45) is 5.73 Å². The van der Waals surface area contributed by atoms with Gasteiger partial charge in [0, 0.05) is 24.7 Å². The molecule has 0 unspecified atom stereocenters. The first kappa shape index (κ1) is 19.0. The molecule has 2 saturated heterocycles. The quantitative estimate of drug-likeness (QED) is 0.668. The highest BCUT2D eigenvalue weighted by Gasteiger charge is 2.48. The predicted octanol–water partition coefficient (Wildman–Crippen LogP) is 1.30. The number of primary amides is 1. The fraction of sp³-hybridized carbons (Fsp3) is 0.400. The van der Waals surface area contributed by atoms with Gasteiger partial charge in [0.2, 0.25) is 0 Å². The van der Waals surface area contributed by atoms with Crippen LogP contribution in [0.2, 0.25) is 0 Å². The van der Waals surface area contributed by atoms with Gasteiger partial charge < -0.3 is 20.7 Å². The number of benzene rings is 1. The van der Waals surface area contributed by atoms with Gasteiger partial charge in [-0.3, -0.25) is 14.9 Å². The molecule has 0 radical (unpaired) electrons. The lowest BCUT2D eigenvalue weighted by Crippen LogP contribution is -2.55. The highest BCUT2D eigenvalue weighted by Crippen LogP contribution is 2.34. The molecule has 9 heteroatoms. The summed E-state index contributed by atoms with van der Waals surface area (Å²) in [6, 6.07) is 4.89. The highest BCUT2D eigenvalue weighted by molar-refractivity contribution is 6.07. The number of pyridine rings is 1. The van der Waals surface area contributed by atoms with E-state index >= 15 is 0 Å². The topological polar surface area (TPSA) is 127 Å². The molecule has 2 aliphatic heterocycles. The van der Waals surface area contributed by atoms with E-state index in [0.29, 0.717) is 37.2 Å². The van der Waals surface area contributed by atoms with Gasteiger partial charge in [0.05, 0.1) is 11.7 Å². The summed E-state index contributed by atoms with van der Waals surface area (Å²) in [5, 5.41) is 6.74. The van der Waals surface area contributed by atoms with Crippen LogP contribution in [0.3, 0.4) is 0 Å². The Bertz CT molecular complexity index is 1010. The molecule has 4 rings (SSSR count). The first-order valence-electron chi connectivity index (χ1n) is 9.57. The second-order valence-electron chi connectivity index (χ2n) is 7.71. The lowest BCUT2D eigenvalue weighted by molar-refractivity contribution is -0.124. The van der Waals surface area contributed by atoms with Crippen molar-refractivity contribution in [2.75, 3.05) is 18.0 Å². The van der Waals surface area contributed by atoms with Crippen molar-refractivity contribution in [2.45, 2.75) is 38.3 Å². The van der Waals surface area contributed by atoms with E-state index in [1.165, 1.54) is 0 Å². The van der Waals surface area contributed by atoms with E-state index in [-0.39, 0.29) is 12.0 Å². The zero-order chi connectivity index (χ0) is 20.8. The van der Waals surface area contributed by atoms with Gasteiger partial charge in [0.1, 0.15) is 17.1 Å². The lowest BCUT2D eigenvalue weighted by Gasteiger charge is -2.38. The normalized spacial score (nSPS) is 18.2. The fourth-order valence-corrected chi connectivity index (χ4v) is 3.96. The lowest BCUT2D eigenvalue weighted by atomic mass is 9.87. The third kappa shape index (κ3) is 3.32. The largest absolute Gasteiger partial charge is 0.490 e. The van der Waals surface area contributed by atoms with Crippen LogP contribution in [-0.4, -0.2) is 47.6 Å². The van der Waals surface area contributed by atoms with Crippen LogP contribution in [0.1, 0.15) is 37.0 Å². The van der Waals surface area contributed by atoms with E-state index in [0.717, 1.165) is 16.6 Å². The molecule has 2 fully saturated rings. The Morgan fingerprint density at radius 1 is 1.28 bits per heavy atom. The second-order valence-corrected chi connectivity index (χ2v) is 7.71. The number of nitrogens with two attached hydrogens (primary N) is 1. The summed E-state index contributed by atoms with van der Waals surface area (Å²) in [4.78, 5) is 42.2. The molecule has 29 heavy (non-hydrogen) atoms. The van der Waals surface area contributed by atoms with Crippen LogP contribution in [0.4, 0.5) is 10.6 Å². The van der Waals surface area contributed by atoms with Gasteiger partial charge in [0.25, 0.3) is 11.8 Å². The number of hydrogen-bond donors (Lipinski definition) is 3. The minimum absolute atomic E-state index is 0.120. The van der Waals surface area contributed by atoms with Gasteiger partial charge in [-0.05, 0) is 50.3 Å². The second kappa shape index (κ2) is 6.91. The van der Waals surface area contributed by atoms with Crippen LogP contribution in [-0.2, 0) is 4.79 Å². The molecule has 2 aromatic rings. The summed E-state index contributed by atoms with van der Waals surface area (Å²) in [6.07, 6.45) is 2.53. The fourth-order valence-electron chi connectivity index (χ4n) is 3.96. The van der Waals surface area contributed by atoms with Gasteiger partial charge in [-0.15, -0.1) is 0 Å². The van der Waals surface area contributed by atoms with Crippen molar-refractivity contribution in [3.63, 3.8) is 0 Å². The molecule has 9 nitrogen and oxygen atoms in total. The number of hydrogen-bond acceptors (Lipinski definition) is 6. The van der Waals surface area contributed by atoms with Crippen molar-refractivity contribution in [1.29, 1.82) is 0 Å². The van der Waals surface area contributed by atoms with Gasteiger partial charge in [-0.1, -0.05) is 0 Å². The summed E-state index contributed by atoms with van der Waals surface area (Å²) >= 11 is 0. The molecule has 4 N–H and O–H groups in total. The van der Waals surface area contributed by atoms with E-state index in [2.05, 4.69) is 20.5 Å². The zero-order valence-electron chi connectivity index (χ0n) is 16.3. The Hall–Kier alpha value is -3.36. The number of nitrogens with zero attached hydrogens (tertiary/aromatic N) is 2. The van der Waals surface area contributed by atoms with Crippen LogP contribution < -0.4 is 26.0 Å². The Morgan fingerprint density at radius 3 is 2.59 bits per heavy atom. The van der Waals surface area contributed by atoms with E-state index < -0.39 is 17.5 Å². The van der Waals surface area contributed by atoms with Gasteiger partial charge >= 0.3 is 6.03 Å². The van der Waals surface area contributed by atoms with Gasteiger partial charge in [-0.2, -0.15) is 0 Å². The van der Waals surface area contributed by atoms with Gasteiger partial charge in [-0.25, -0.2) is 9.78 Å². The van der Waals surface area contributed by atoms with Crippen LogP contribution >= 0.6 is 0 Å². The zero-order valence-corrected chi connectivity index (χ0v) is 16.3. The van der Waals surface area contributed by atoms with Crippen molar-refractivity contribution >= 4 is 34.4 Å².